The van der Waals surface area contributed by atoms with Gasteiger partial charge in [-0.15, -0.1) is 0 Å². The van der Waals surface area contributed by atoms with E-state index in [1.165, 1.54) is 0 Å². The second kappa shape index (κ2) is 8.33. The van der Waals surface area contributed by atoms with Crippen molar-refractivity contribution in [1.82, 2.24) is 4.98 Å². The van der Waals surface area contributed by atoms with Crippen molar-refractivity contribution in [3.63, 3.8) is 0 Å². The third kappa shape index (κ3) is 4.42. The Balaban J connectivity index is 1.85. The zero-order chi connectivity index (χ0) is 19.2. The minimum Gasteiger partial charge on any atom is -0.493 e. The Labute approximate surface area is 160 Å². The minimum absolute atomic E-state index is 0.000622. The summed E-state index contributed by atoms with van der Waals surface area (Å²) in [6, 6.07) is 16.2. The molecule has 138 valence electrons. The average molecular weight is 382 g/mol. The summed E-state index contributed by atoms with van der Waals surface area (Å²) in [6.07, 6.45) is 0. The van der Waals surface area contributed by atoms with E-state index in [0.717, 1.165) is 17.0 Å². The van der Waals surface area contributed by atoms with Crippen LogP contribution in [-0.4, -0.2) is 23.4 Å². The number of para-hydroxylation sites is 2. The smallest absolute Gasteiger partial charge is 0.270 e. The van der Waals surface area contributed by atoms with Gasteiger partial charge >= 0.3 is 0 Å². The van der Waals surface area contributed by atoms with Gasteiger partial charge in [0.2, 0.25) is 0 Å². The van der Waals surface area contributed by atoms with Crippen LogP contribution in [0.4, 0.5) is 15.8 Å². The summed E-state index contributed by atoms with van der Waals surface area (Å²) >= 11 is 1.13. The van der Waals surface area contributed by atoms with Crippen molar-refractivity contribution in [1.29, 1.82) is 0 Å². The van der Waals surface area contributed by atoms with Crippen molar-refractivity contribution in [3.8, 4) is 5.75 Å². The minimum atomic E-state index is -0.722. The zero-order valence-electron chi connectivity index (χ0n) is 14.6. The fraction of sp³-hybridized carbons (Fsp3) is 0.105. The first-order chi connectivity index (χ1) is 13.1. The van der Waals surface area contributed by atoms with Gasteiger partial charge in [-0.2, -0.15) is 0 Å². The molecule has 7 nitrogen and oxygen atoms in total. The third-order valence-electron chi connectivity index (χ3n) is 3.54. The fourth-order valence-electron chi connectivity index (χ4n) is 2.38. The Kier molecular flexibility index (Phi) is 5.68. The average Bonchev–Trinajstić information content (AvgIpc) is 3.05. The molecule has 1 aromatic heterocycles. The molecule has 0 aliphatic carbocycles. The molecule has 0 radical (unpaired) electrons. The van der Waals surface area contributed by atoms with Crippen LogP contribution < -0.4 is 21.1 Å². The van der Waals surface area contributed by atoms with E-state index >= 15 is 0 Å². The number of carbonyl (C=O) groups is 2. The van der Waals surface area contributed by atoms with Crippen LogP contribution >= 0.6 is 11.3 Å². The summed E-state index contributed by atoms with van der Waals surface area (Å²) in [5.41, 5.74) is 6.58. The van der Waals surface area contributed by atoms with Gasteiger partial charge in [0.1, 0.15) is 10.8 Å². The Hall–Kier alpha value is -3.39. The molecule has 2 amide bonds. The van der Waals surface area contributed by atoms with Crippen molar-refractivity contribution in [3.05, 3.63) is 65.9 Å². The summed E-state index contributed by atoms with van der Waals surface area (Å²) in [6.45, 7) is 2.27. The number of hydrogen-bond donors (Lipinski definition) is 3. The van der Waals surface area contributed by atoms with Crippen LogP contribution in [0, 0.1) is 0 Å². The zero-order valence-corrected chi connectivity index (χ0v) is 15.4. The lowest BCUT2D eigenvalue weighted by molar-refractivity contribution is 0.0997. The molecule has 0 spiro atoms. The number of nitrogens with zero attached hydrogens (tertiary/aromatic N) is 1. The van der Waals surface area contributed by atoms with Gasteiger partial charge in [-0.1, -0.05) is 41.7 Å². The first kappa shape index (κ1) is 18.4. The molecule has 0 saturated heterocycles. The number of aromatic nitrogens is 1. The maximum Gasteiger partial charge on any atom is 0.270 e. The summed E-state index contributed by atoms with van der Waals surface area (Å²) in [7, 11) is 0. The Bertz CT molecular complexity index is 957. The van der Waals surface area contributed by atoms with Crippen LogP contribution in [0.1, 0.15) is 27.8 Å². The summed E-state index contributed by atoms with van der Waals surface area (Å²) in [5.74, 6) is -0.664. The largest absolute Gasteiger partial charge is 0.493 e. The highest BCUT2D eigenvalue weighted by molar-refractivity contribution is 7.20. The molecule has 0 fully saturated rings. The number of primary amides is 1. The maximum atomic E-state index is 12.7. The third-order valence-corrected chi connectivity index (χ3v) is 4.43. The highest BCUT2D eigenvalue weighted by Gasteiger charge is 2.20. The number of nitrogens with one attached hydrogen (secondary N) is 2. The molecule has 4 N–H and O–H groups in total. The number of ether oxygens (including phenoxy) is 1. The first-order valence-electron chi connectivity index (χ1n) is 8.24. The molecule has 0 aliphatic rings. The number of nitrogens with two attached hydrogens (primary N) is 1. The van der Waals surface area contributed by atoms with Crippen molar-refractivity contribution in [2.45, 2.75) is 6.92 Å². The van der Waals surface area contributed by atoms with Gasteiger partial charge in [0, 0.05) is 5.69 Å². The number of carbonyl (C=O) groups excluding carboxylic acids is 2. The Morgan fingerprint density at radius 2 is 1.81 bits per heavy atom. The normalized spacial score (nSPS) is 10.3. The fourth-order valence-corrected chi connectivity index (χ4v) is 3.26. The van der Waals surface area contributed by atoms with Crippen LogP contribution in [0.25, 0.3) is 0 Å². The maximum absolute atomic E-state index is 12.7. The predicted molar refractivity (Wildman–Crippen MR) is 106 cm³/mol. The number of benzene rings is 2. The Morgan fingerprint density at radius 3 is 2.52 bits per heavy atom. The molecule has 1 heterocycles. The lowest BCUT2D eigenvalue weighted by Gasteiger charge is -2.09. The van der Waals surface area contributed by atoms with Gasteiger partial charge in [0.25, 0.3) is 11.8 Å². The van der Waals surface area contributed by atoms with Crippen LogP contribution in [0.5, 0.6) is 5.75 Å². The van der Waals surface area contributed by atoms with Crippen molar-refractivity contribution in [2.75, 3.05) is 17.2 Å². The molecule has 0 bridgehead atoms. The van der Waals surface area contributed by atoms with Gasteiger partial charge in [-0.25, -0.2) is 4.98 Å². The molecular weight excluding hydrogens is 364 g/mol. The lowest BCUT2D eigenvalue weighted by Crippen LogP contribution is -2.18. The number of thiazole rings is 1. The quantitative estimate of drug-likeness (QED) is 0.578. The molecular formula is C19H18N4O3S. The summed E-state index contributed by atoms with van der Waals surface area (Å²) in [4.78, 5) is 28.6. The second-order valence-corrected chi connectivity index (χ2v) is 6.43. The van der Waals surface area contributed by atoms with E-state index in [0.29, 0.717) is 23.1 Å². The second-order valence-electron chi connectivity index (χ2n) is 5.44. The van der Waals surface area contributed by atoms with Crippen molar-refractivity contribution >= 4 is 39.0 Å². The molecule has 0 unspecified atom stereocenters. The van der Waals surface area contributed by atoms with Gasteiger partial charge in [0.05, 0.1) is 12.2 Å². The summed E-state index contributed by atoms with van der Waals surface area (Å²) in [5, 5.41) is 6.52. The monoisotopic (exact) mass is 382 g/mol. The van der Waals surface area contributed by atoms with Gasteiger partial charge < -0.3 is 21.1 Å². The number of rotatable bonds is 7. The molecule has 0 aliphatic heterocycles. The molecule has 8 heteroatoms. The Morgan fingerprint density at radius 1 is 1.11 bits per heavy atom. The SMILES string of the molecule is CCOc1ccccc1C(=O)Nc1sc(Nc2ccccc2)nc1C(N)=O. The molecule has 2 aromatic carbocycles. The number of amides is 2. The lowest BCUT2D eigenvalue weighted by atomic mass is 10.2. The van der Waals surface area contributed by atoms with E-state index < -0.39 is 11.8 Å². The highest BCUT2D eigenvalue weighted by Crippen LogP contribution is 2.31. The van der Waals surface area contributed by atoms with E-state index in [9.17, 15) is 9.59 Å². The topological polar surface area (TPSA) is 106 Å². The molecule has 0 atom stereocenters. The molecule has 3 aromatic rings. The van der Waals surface area contributed by atoms with Crippen LogP contribution in [0.15, 0.2) is 54.6 Å². The van der Waals surface area contributed by atoms with E-state index in [2.05, 4.69) is 15.6 Å². The number of anilines is 3. The van der Waals surface area contributed by atoms with Crippen LogP contribution in [-0.2, 0) is 0 Å². The molecule has 0 saturated carbocycles. The summed E-state index contributed by atoms with van der Waals surface area (Å²) < 4.78 is 5.48. The van der Waals surface area contributed by atoms with Gasteiger partial charge in [0.15, 0.2) is 10.8 Å². The highest BCUT2D eigenvalue weighted by atomic mass is 32.1. The van der Waals surface area contributed by atoms with Crippen LogP contribution in [0.2, 0.25) is 0 Å². The van der Waals surface area contributed by atoms with Gasteiger partial charge in [-0.05, 0) is 31.2 Å². The van der Waals surface area contributed by atoms with Crippen molar-refractivity contribution in [2.24, 2.45) is 5.73 Å². The molecule has 3 rings (SSSR count). The standard InChI is InChI=1S/C19H18N4O3S/c1-2-26-14-11-7-6-10-13(14)17(25)23-18-15(16(20)24)22-19(27-18)21-12-8-4-3-5-9-12/h3-11H,2H2,1H3,(H2,20,24)(H,21,22)(H,23,25). The number of hydrogen-bond acceptors (Lipinski definition) is 6. The van der Waals surface area contributed by atoms with E-state index in [1.54, 1.807) is 24.3 Å². The van der Waals surface area contributed by atoms with E-state index in [-0.39, 0.29) is 10.7 Å². The molecule has 27 heavy (non-hydrogen) atoms. The first-order valence-corrected chi connectivity index (χ1v) is 9.06. The van der Waals surface area contributed by atoms with E-state index in [1.807, 2.05) is 37.3 Å². The van der Waals surface area contributed by atoms with Crippen molar-refractivity contribution < 1.29 is 14.3 Å². The predicted octanol–water partition coefficient (Wildman–Crippen LogP) is 3.64. The van der Waals surface area contributed by atoms with Gasteiger partial charge in [-0.3, -0.25) is 9.59 Å². The van der Waals surface area contributed by atoms with Crippen LogP contribution in [0.3, 0.4) is 0 Å². The van der Waals surface area contributed by atoms with E-state index in [4.69, 9.17) is 10.5 Å².